The summed E-state index contributed by atoms with van der Waals surface area (Å²) in [5, 5.41) is 9.98. The number of aromatic nitrogens is 4. The Morgan fingerprint density at radius 3 is 2.64 bits per heavy atom. The lowest BCUT2D eigenvalue weighted by Gasteiger charge is -2.37. The molecule has 25 heavy (non-hydrogen) atoms. The Hall–Kier alpha value is -2.44. The van der Waals surface area contributed by atoms with Gasteiger partial charge in [-0.05, 0) is 38.7 Å². The number of aryl methyl sites for hydroxylation is 1. The van der Waals surface area contributed by atoms with Crippen molar-refractivity contribution in [1.82, 2.24) is 25.5 Å². The first-order valence-electron chi connectivity index (χ1n) is 9.02. The number of hydrogen-bond donors (Lipinski definition) is 3. The van der Waals surface area contributed by atoms with Crippen LogP contribution in [0, 0.1) is 6.92 Å². The van der Waals surface area contributed by atoms with E-state index in [1.54, 1.807) is 12.1 Å². The molecule has 2 aliphatic rings. The van der Waals surface area contributed by atoms with Crippen LogP contribution >= 0.6 is 0 Å². The summed E-state index contributed by atoms with van der Waals surface area (Å²) in [6.45, 7) is 1.86. The van der Waals surface area contributed by atoms with Crippen molar-refractivity contribution in [2.24, 2.45) is 0 Å². The Balaban J connectivity index is 1.69. The van der Waals surface area contributed by atoms with Crippen LogP contribution in [0.5, 0.6) is 0 Å². The molecular formula is C18H23N5O2. The number of rotatable bonds is 4. The monoisotopic (exact) mass is 341 g/mol. The zero-order chi connectivity index (χ0) is 17.4. The fourth-order valence-electron chi connectivity index (χ4n) is 3.68. The van der Waals surface area contributed by atoms with Crippen molar-refractivity contribution < 1.29 is 4.79 Å². The predicted molar refractivity (Wildman–Crippen MR) is 92.4 cm³/mol. The van der Waals surface area contributed by atoms with Crippen molar-refractivity contribution in [3.63, 3.8) is 0 Å². The molecule has 0 unspecified atom stereocenters. The Labute approximate surface area is 145 Å². The fraction of sp³-hybridized carbons (Fsp3) is 0.556. The van der Waals surface area contributed by atoms with Crippen LogP contribution < -0.4 is 10.9 Å². The van der Waals surface area contributed by atoms with Gasteiger partial charge in [0.2, 0.25) is 0 Å². The smallest absolute Gasteiger partial charge is 0.272 e. The second-order valence-electron chi connectivity index (χ2n) is 7.33. The van der Waals surface area contributed by atoms with Gasteiger partial charge in [-0.3, -0.25) is 14.7 Å². The zero-order valence-corrected chi connectivity index (χ0v) is 14.4. The quantitative estimate of drug-likeness (QED) is 0.793. The molecule has 0 saturated heterocycles. The number of amides is 1. The molecule has 7 heteroatoms. The molecule has 4 rings (SSSR count). The van der Waals surface area contributed by atoms with E-state index in [2.05, 4.69) is 20.5 Å². The van der Waals surface area contributed by atoms with E-state index in [9.17, 15) is 9.59 Å². The van der Waals surface area contributed by atoms with Gasteiger partial charge in [-0.1, -0.05) is 19.3 Å². The standard InChI is InChI=1S/C18H23N5O2/c1-11-9-14(23-22-11)16(25)21-18(7-3-2-4-8-18)17-19-13(12-5-6-12)10-15(24)20-17/h9-10,12H,2-8H2,1H3,(H,21,25)(H,22,23)(H,19,20,24). The molecule has 2 aromatic heterocycles. The molecule has 0 bridgehead atoms. The van der Waals surface area contributed by atoms with Crippen LogP contribution in [0.1, 0.15) is 78.6 Å². The van der Waals surface area contributed by atoms with Crippen LogP contribution in [0.3, 0.4) is 0 Å². The summed E-state index contributed by atoms with van der Waals surface area (Å²) in [6, 6.07) is 3.32. The van der Waals surface area contributed by atoms with Crippen LogP contribution in [0.4, 0.5) is 0 Å². The lowest BCUT2D eigenvalue weighted by Crippen LogP contribution is -2.49. The minimum atomic E-state index is -0.619. The zero-order valence-electron chi connectivity index (χ0n) is 14.4. The molecule has 0 aliphatic heterocycles. The van der Waals surface area contributed by atoms with Gasteiger partial charge in [-0.2, -0.15) is 5.10 Å². The van der Waals surface area contributed by atoms with E-state index in [1.165, 1.54) is 0 Å². The van der Waals surface area contributed by atoms with Crippen molar-refractivity contribution >= 4 is 5.91 Å². The van der Waals surface area contributed by atoms with Gasteiger partial charge in [0.25, 0.3) is 11.5 Å². The minimum Gasteiger partial charge on any atom is -0.338 e. The van der Waals surface area contributed by atoms with Gasteiger partial charge in [0.1, 0.15) is 11.5 Å². The summed E-state index contributed by atoms with van der Waals surface area (Å²) in [4.78, 5) is 32.5. The molecule has 7 nitrogen and oxygen atoms in total. The number of H-pyrrole nitrogens is 2. The second kappa shape index (κ2) is 6.13. The van der Waals surface area contributed by atoms with E-state index in [4.69, 9.17) is 4.98 Å². The van der Waals surface area contributed by atoms with Gasteiger partial charge in [0.15, 0.2) is 0 Å². The highest BCUT2D eigenvalue weighted by Gasteiger charge is 2.39. The molecule has 132 valence electrons. The first-order chi connectivity index (χ1) is 12.1. The normalized spacial score (nSPS) is 19.6. The molecule has 2 fully saturated rings. The van der Waals surface area contributed by atoms with E-state index >= 15 is 0 Å². The van der Waals surface area contributed by atoms with E-state index in [1.807, 2.05) is 6.92 Å². The molecule has 0 aromatic carbocycles. The van der Waals surface area contributed by atoms with E-state index < -0.39 is 5.54 Å². The number of hydrogen-bond acceptors (Lipinski definition) is 4. The molecule has 3 N–H and O–H groups in total. The SMILES string of the molecule is Cc1cc(C(=O)NC2(c3nc(C4CC4)cc(=O)[nH]3)CCCCC2)n[nH]1. The third-order valence-corrected chi connectivity index (χ3v) is 5.21. The van der Waals surface area contributed by atoms with Crippen molar-refractivity contribution in [3.8, 4) is 0 Å². The summed E-state index contributed by atoms with van der Waals surface area (Å²) in [5.74, 6) is 0.763. The van der Waals surface area contributed by atoms with Crippen molar-refractivity contribution in [2.75, 3.05) is 0 Å². The first-order valence-corrected chi connectivity index (χ1v) is 9.02. The average molecular weight is 341 g/mol. The topological polar surface area (TPSA) is 104 Å². The maximum atomic E-state index is 12.7. The number of carbonyl (C=O) groups is 1. The molecule has 2 saturated carbocycles. The summed E-state index contributed by atoms with van der Waals surface area (Å²) in [5.41, 5.74) is 1.30. The van der Waals surface area contributed by atoms with Gasteiger partial charge < -0.3 is 10.3 Å². The molecule has 1 amide bonds. The Morgan fingerprint density at radius 1 is 1.24 bits per heavy atom. The number of nitrogens with one attached hydrogen (secondary N) is 3. The number of aromatic amines is 2. The maximum Gasteiger partial charge on any atom is 0.272 e. The van der Waals surface area contributed by atoms with Crippen LogP contribution in [-0.4, -0.2) is 26.1 Å². The van der Waals surface area contributed by atoms with Crippen LogP contribution in [0.2, 0.25) is 0 Å². The highest BCUT2D eigenvalue weighted by Crippen LogP contribution is 2.40. The van der Waals surface area contributed by atoms with E-state index in [0.29, 0.717) is 17.4 Å². The lowest BCUT2D eigenvalue weighted by molar-refractivity contribution is 0.0852. The maximum absolute atomic E-state index is 12.7. The van der Waals surface area contributed by atoms with Crippen molar-refractivity contribution in [3.05, 3.63) is 45.4 Å². The van der Waals surface area contributed by atoms with Crippen molar-refractivity contribution in [1.29, 1.82) is 0 Å². The Bertz CT molecular complexity index is 843. The molecule has 2 aromatic rings. The fourth-order valence-corrected chi connectivity index (χ4v) is 3.68. The number of nitrogens with zero attached hydrogens (tertiary/aromatic N) is 2. The van der Waals surface area contributed by atoms with Crippen LogP contribution in [0.15, 0.2) is 16.9 Å². The van der Waals surface area contributed by atoms with Gasteiger partial charge >= 0.3 is 0 Å². The Morgan fingerprint density at radius 2 is 2.00 bits per heavy atom. The summed E-state index contributed by atoms with van der Waals surface area (Å²) in [6.07, 6.45) is 6.85. The second-order valence-corrected chi connectivity index (χ2v) is 7.33. The third-order valence-electron chi connectivity index (χ3n) is 5.21. The summed E-state index contributed by atoms with van der Waals surface area (Å²) in [7, 11) is 0. The first kappa shape index (κ1) is 16.1. The lowest BCUT2D eigenvalue weighted by atomic mass is 9.80. The molecular weight excluding hydrogens is 318 g/mol. The van der Waals surface area contributed by atoms with E-state index in [-0.39, 0.29) is 11.5 Å². The van der Waals surface area contributed by atoms with Gasteiger partial charge in [-0.25, -0.2) is 4.98 Å². The van der Waals surface area contributed by atoms with Crippen LogP contribution in [-0.2, 0) is 5.54 Å². The van der Waals surface area contributed by atoms with E-state index in [0.717, 1.165) is 56.3 Å². The average Bonchev–Trinajstić information content (AvgIpc) is 3.36. The molecule has 2 aliphatic carbocycles. The minimum absolute atomic E-state index is 0.137. The molecule has 0 spiro atoms. The van der Waals surface area contributed by atoms with Crippen LogP contribution in [0.25, 0.3) is 0 Å². The predicted octanol–water partition coefficient (Wildman–Crippen LogP) is 2.27. The third kappa shape index (κ3) is 3.23. The Kier molecular flexibility index (Phi) is 3.94. The highest BCUT2D eigenvalue weighted by atomic mass is 16.2. The molecule has 2 heterocycles. The van der Waals surface area contributed by atoms with Gasteiger partial charge in [0, 0.05) is 17.7 Å². The van der Waals surface area contributed by atoms with Gasteiger partial charge in [-0.15, -0.1) is 0 Å². The summed E-state index contributed by atoms with van der Waals surface area (Å²) < 4.78 is 0. The largest absolute Gasteiger partial charge is 0.338 e. The van der Waals surface area contributed by atoms with Crippen molar-refractivity contribution in [2.45, 2.75) is 63.3 Å². The molecule has 0 radical (unpaired) electrons. The number of carbonyl (C=O) groups excluding carboxylic acids is 1. The highest BCUT2D eigenvalue weighted by molar-refractivity contribution is 5.92. The molecule has 0 atom stereocenters. The van der Waals surface area contributed by atoms with Gasteiger partial charge in [0.05, 0.1) is 11.2 Å². The summed E-state index contributed by atoms with van der Waals surface area (Å²) >= 11 is 0.